The fraction of sp³-hybridized carbons (Fsp3) is 0.588. The molecule has 0 aliphatic carbocycles. The molecule has 4 heteroatoms. The van der Waals surface area contributed by atoms with Gasteiger partial charge in [0.2, 0.25) is 0 Å². The second-order valence-corrected chi connectivity index (χ2v) is 6.67. The largest absolute Gasteiger partial charge is 0.491 e. The minimum absolute atomic E-state index is 0.0403. The fourth-order valence-corrected chi connectivity index (χ4v) is 3.13. The summed E-state index contributed by atoms with van der Waals surface area (Å²) in [5.74, 6) is 1.34. The van der Waals surface area contributed by atoms with E-state index in [-0.39, 0.29) is 12.0 Å². The third-order valence-electron chi connectivity index (χ3n) is 3.51. The Kier molecular flexibility index (Phi) is 7.79. The zero-order valence-corrected chi connectivity index (χ0v) is 14.9. The Morgan fingerprint density at radius 1 is 1.19 bits per heavy atom. The number of carbonyl (C=O) groups is 1. The summed E-state index contributed by atoms with van der Waals surface area (Å²) in [6.07, 6.45) is 2.37. The highest BCUT2D eigenvalue weighted by Gasteiger charge is 2.16. The summed E-state index contributed by atoms with van der Waals surface area (Å²) in [4.78, 5) is 12.4. The van der Waals surface area contributed by atoms with Gasteiger partial charge in [0, 0.05) is 16.9 Å². The van der Waals surface area contributed by atoms with Gasteiger partial charge in [0.05, 0.1) is 6.10 Å². The molecule has 0 aliphatic heterocycles. The lowest BCUT2D eigenvalue weighted by Crippen LogP contribution is -2.32. The van der Waals surface area contributed by atoms with Crippen molar-refractivity contribution in [2.45, 2.75) is 51.5 Å². The van der Waals surface area contributed by atoms with E-state index in [4.69, 9.17) is 4.74 Å². The van der Waals surface area contributed by atoms with Crippen molar-refractivity contribution >= 4 is 21.8 Å². The van der Waals surface area contributed by atoms with E-state index >= 15 is 0 Å². The zero-order chi connectivity index (χ0) is 15.8. The number of halogens is 1. The number of carbonyl (C=O) groups excluding carboxylic acids is 1. The molecule has 0 aromatic heterocycles. The predicted molar refractivity (Wildman–Crippen MR) is 91.3 cm³/mol. The lowest BCUT2D eigenvalue weighted by atomic mass is 9.99. The van der Waals surface area contributed by atoms with Crippen LogP contribution in [0.3, 0.4) is 0 Å². The van der Waals surface area contributed by atoms with Gasteiger partial charge < -0.3 is 10.1 Å². The van der Waals surface area contributed by atoms with E-state index in [0.29, 0.717) is 22.9 Å². The maximum Gasteiger partial charge on any atom is 0.251 e. The number of alkyl halides is 1. The average molecular weight is 356 g/mol. The molecule has 0 spiro atoms. The van der Waals surface area contributed by atoms with Crippen molar-refractivity contribution in [1.82, 2.24) is 5.32 Å². The molecular formula is C17H26BrNO2. The summed E-state index contributed by atoms with van der Waals surface area (Å²) >= 11 is 3.67. The Balaban J connectivity index is 2.52. The fourth-order valence-electron chi connectivity index (χ4n) is 2.22. The highest BCUT2D eigenvalue weighted by Crippen LogP contribution is 2.19. The molecule has 118 valence electrons. The molecule has 0 radical (unpaired) electrons. The van der Waals surface area contributed by atoms with Crippen LogP contribution in [0.15, 0.2) is 24.3 Å². The van der Waals surface area contributed by atoms with Gasteiger partial charge >= 0.3 is 0 Å². The quantitative estimate of drug-likeness (QED) is 0.701. The van der Waals surface area contributed by atoms with Crippen LogP contribution in [0.2, 0.25) is 0 Å². The molecule has 1 aromatic rings. The number of amides is 1. The monoisotopic (exact) mass is 355 g/mol. The van der Waals surface area contributed by atoms with Gasteiger partial charge in [0.25, 0.3) is 5.91 Å². The molecular weight excluding hydrogens is 330 g/mol. The Bertz CT molecular complexity index is 427. The van der Waals surface area contributed by atoms with E-state index < -0.39 is 0 Å². The molecule has 1 N–H and O–H groups in total. The molecule has 21 heavy (non-hydrogen) atoms. The molecule has 3 nitrogen and oxygen atoms in total. The SMILES string of the molecule is CCC(CC)C(Br)CNC(=O)c1ccc(OC(C)C)cc1. The van der Waals surface area contributed by atoms with E-state index in [1.165, 1.54) is 0 Å². The number of nitrogens with one attached hydrogen (secondary N) is 1. The molecule has 1 unspecified atom stereocenters. The van der Waals surface area contributed by atoms with Crippen molar-refractivity contribution in [3.05, 3.63) is 29.8 Å². The van der Waals surface area contributed by atoms with Crippen LogP contribution < -0.4 is 10.1 Å². The van der Waals surface area contributed by atoms with Gasteiger partial charge in [-0.2, -0.15) is 0 Å². The maximum absolute atomic E-state index is 12.1. The van der Waals surface area contributed by atoms with Crippen molar-refractivity contribution in [3.8, 4) is 5.75 Å². The van der Waals surface area contributed by atoms with Gasteiger partial charge in [-0.15, -0.1) is 0 Å². The Morgan fingerprint density at radius 3 is 2.24 bits per heavy atom. The smallest absolute Gasteiger partial charge is 0.251 e. The third kappa shape index (κ3) is 6.08. The van der Waals surface area contributed by atoms with Gasteiger partial charge in [-0.25, -0.2) is 0 Å². The van der Waals surface area contributed by atoms with Crippen LogP contribution in [-0.4, -0.2) is 23.4 Å². The molecule has 0 fully saturated rings. The van der Waals surface area contributed by atoms with E-state index in [1.54, 1.807) is 12.1 Å². The van der Waals surface area contributed by atoms with Crippen LogP contribution >= 0.6 is 15.9 Å². The molecule has 0 aliphatic rings. The van der Waals surface area contributed by atoms with Crippen molar-refractivity contribution in [1.29, 1.82) is 0 Å². The minimum atomic E-state index is -0.0403. The average Bonchev–Trinajstić information content (AvgIpc) is 2.46. The number of ether oxygens (including phenoxy) is 1. The van der Waals surface area contributed by atoms with Crippen molar-refractivity contribution in [2.75, 3.05) is 6.54 Å². The van der Waals surface area contributed by atoms with Gasteiger partial charge in [-0.05, 0) is 44.0 Å². The number of benzene rings is 1. The maximum atomic E-state index is 12.1. The highest BCUT2D eigenvalue weighted by molar-refractivity contribution is 9.09. The number of hydrogen-bond acceptors (Lipinski definition) is 2. The second kappa shape index (κ2) is 9.08. The van der Waals surface area contributed by atoms with Gasteiger partial charge in [0.15, 0.2) is 0 Å². The lowest BCUT2D eigenvalue weighted by Gasteiger charge is -2.20. The molecule has 0 heterocycles. The number of hydrogen-bond donors (Lipinski definition) is 1. The first-order chi connectivity index (χ1) is 9.97. The zero-order valence-electron chi connectivity index (χ0n) is 13.4. The minimum Gasteiger partial charge on any atom is -0.491 e. The van der Waals surface area contributed by atoms with Gasteiger partial charge in [-0.1, -0.05) is 42.6 Å². The van der Waals surface area contributed by atoms with E-state index in [2.05, 4.69) is 35.1 Å². The molecule has 1 rings (SSSR count). The highest BCUT2D eigenvalue weighted by atomic mass is 79.9. The lowest BCUT2D eigenvalue weighted by molar-refractivity contribution is 0.0952. The molecule has 1 amide bonds. The molecule has 0 bridgehead atoms. The predicted octanol–water partition coefficient (Wildman–Crippen LogP) is 4.40. The van der Waals surface area contributed by atoms with Crippen LogP contribution in [0.1, 0.15) is 50.9 Å². The molecule has 1 aromatic carbocycles. The van der Waals surface area contributed by atoms with Crippen LogP contribution in [-0.2, 0) is 0 Å². The van der Waals surface area contributed by atoms with Crippen molar-refractivity contribution in [2.24, 2.45) is 5.92 Å². The first kappa shape index (κ1) is 18.0. The molecule has 1 atom stereocenters. The topological polar surface area (TPSA) is 38.3 Å². The summed E-state index contributed by atoms with van der Waals surface area (Å²) < 4.78 is 5.57. The first-order valence-corrected chi connectivity index (χ1v) is 8.58. The number of rotatable bonds is 8. The van der Waals surface area contributed by atoms with Crippen molar-refractivity contribution < 1.29 is 9.53 Å². The third-order valence-corrected chi connectivity index (χ3v) is 4.58. The Labute approximate surface area is 136 Å². The van der Waals surface area contributed by atoms with Crippen LogP contribution in [0.25, 0.3) is 0 Å². The summed E-state index contributed by atoms with van der Waals surface area (Å²) in [5.41, 5.74) is 0.662. The first-order valence-electron chi connectivity index (χ1n) is 7.66. The van der Waals surface area contributed by atoms with E-state index in [9.17, 15) is 4.79 Å². The van der Waals surface area contributed by atoms with E-state index in [0.717, 1.165) is 18.6 Å². The normalized spacial score (nSPS) is 12.5. The van der Waals surface area contributed by atoms with Gasteiger partial charge in [-0.3, -0.25) is 4.79 Å². The molecule has 0 saturated carbocycles. The summed E-state index contributed by atoms with van der Waals surface area (Å²) in [6, 6.07) is 7.27. The Hall–Kier alpha value is -1.03. The molecule has 0 saturated heterocycles. The van der Waals surface area contributed by atoms with Gasteiger partial charge in [0.1, 0.15) is 5.75 Å². The van der Waals surface area contributed by atoms with Crippen LogP contribution in [0.4, 0.5) is 0 Å². The standard InChI is InChI=1S/C17H26BrNO2/c1-5-13(6-2)16(18)11-19-17(20)14-7-9-15(10-8-14)21-12(3)4/h7-10,12-13,16H,5-6,11H2,1-4H3,(H,19,20). The summed E-state index contributed by atoms with van der Waals surface area (Å²) in [5, 5.41) is 2.98. The summed E-state index contributed by atoms with van der Waals surface area (Å²) in [7, 11) is 0. The Morgan fingerprint density at radius 2 is 1.76 bits per heavy atom. The van der Waals surface area contributed by atoms with E-state index in [1.807, 2.05) is 26.0 Å². The van der Waals surface area contributed by atoms with Crippen molar-refractivity contribution in [3.63, 3.8) is 0 Å². The van der Waals surface area contributed by atoms with Crippen LogP contribution in [0, 0.1) is 5.92 Å². The van der Waals surface area contributed by atoms with Crippen LogP contribution in [0.5, 0.6) is 5.75 Å². The summed E-state index contributed by atoms with van der Waals surface area (Å²) in [6.45, 7) is 8.97. The second-order valence-electron chi connectivity index (χ2n) is 5.49.